The standard InChI is InChI=1S/C6H13N.ClH/c1-4-5(2)6(4)3-7;/h4-6H,3,7H2,1-2H3;1H/t4-,5-;/m1./s1. The molecule has 0 amide bonds. The quantitative estimate of drug-likeness (QED) is 0.576. The summed E-state index contributed by atoms with van der Waals surface area (Å²) in [5, 5.41) is 0. The third-order valence-corrected chi connectivity index (χ3v) is 2.31. The van der Waals surface area contributed by atoms with E-state index in [1.54, 1.807) is 0 Å². The van der Waals surface area contributed by atoms with Crippen LogP contribution >= 0.6 is 12.4 Å². The fraction of sp³-hybridized carbons (Fsp3) is 1.00. The smallest absolute Gasteiger partial charge is 0.00436 e. The van der Waals surface area contributed by atoms with Crippen LogP contribution in [0.3, 0.4) is 0 Å². The average Bonchev–Trinajstić information content (AvgIpc) is 2.17. The lowest BCUT2D eigenvalue weighted by molar-refractivity contribution is 0.747. The van der Waals surface area contributed by atoms with Gasteiger partial charge in [0.25, 0.3) is 0 Å². The highest BCUT2D eigenvalue weighted by atomic mass is 35.5. The van der Waals surface area contributed by atoms with E-state index in [4.69, 9.17) is 5.73 Å². The Morgan fingerprint density at radius 2 is 1.62 bits per heavy atom. The summed E-state index contributed by atoms with van der Waals surface area (Å²) in [6.45, 7) is 5.42. The fourth-order valence-electron chi connectivity index (χ4n) is 1.19. The van der Waals surface area contributed by atoms with Gasteiger partial charge < -0.3 is 5.73 Å². The lowest BCUT2D eigenvalue weighted by Crippen LogP contribution is -2.02. The van der Waals surface area contributed by atoms with Gasteiger partial charge in [0.1, 0.15) is 0 Å². The first-order valence-corrected chi connectivity index (χ1v) is 2.97. The summed E-state index contributed by atoms with van der Waals surface area (Å²) >= 11 is 0. The Morgan fingerprint density at radius 3 is 1.62 bits per heavy atom. The van der Waals surface area contributed by atoms with Crippen molar-refractivity contribution in [2.24, 2.45) is 23.5 Å². The van der Waals surface area contributed by atoms with Crippen molar-refractivity contribution in [3.63, 3.8) is 0 Å². The molecule has 0 bridgehead atoms. The molecule has 8 heavy (non-hydrogen) atoms. The number of hydrogen-bond acceptors (Lipinski definition) is 1. The molecule has 0 spiro atoms. The van der Waals surface area contributed by atoms with Crippen LogP contribution in [0.2, 0.25) is 0 Å². The first kappa shape index (κ1) is 8.25. The van der Waals surface area contributed by atoms with Crippen LogP contribution in [0.1, 0.15) is 13.8 Å². The van der Waals surface area contributed by atoms with Crippen LogP contribution in [-0.4, -0.2) is 6.54 Å². The summed E-state index contributed by atoms with van der Waals surface area (Å²) in [4.78, 5) is 0. The monoisotopic (exact) mass is 135 g/mol. The van der Waals surface area contributed by atoms with E-state index in [0.29, 0.717) is 0 Å². The van der Waals surface area contributed by atoms with E-state index in [2.05, 4.69) is 13.8 Å². The maximum absolute atomic E-state index is 5.41. The Morgan fingerprint density at radius 1 is 1.25 bits per heavy atom. The first-order chi connectivity index (χ1) is 3.27. The van der Waals surface area contributed by atoms with Gasteiger partial charge in [0.15, 0.2) is 0 Å². The van der Waals surface area contributed by atoms with Crippen LogP contribution in [-0.2, 0) is 0 Å². The maximum Gasteiger partial charge on any atom is -0.00436 e. The molecule has 50 valence electrons. The van der Waals surface area contributed by atoms with E-state index in [-0.39, 0.29) is 12.4 Å². The number of rotatable bonds is 1. The second kappa shape index (κ2) is 2.70. The molecule has 0 unspecified atom stereocenters. The Labute approximate surface area is 57.1 Å². The van der Waals surface area contributed by atoms with Gasteiger partial charge in [-0.15, -0.1) is 12.4 Å². The van der Waals surface area contributed by atoms with Gasteiger partial charge in [0.05, 0.1) is 0 Å². The summed E-state index contributed by atoms with van der Waals surface area (Å²) in [6.07, 6.45) is 0. The molecule has 0 radical (unpaired) electrons. The van der Waals surface area contributed by atoms with Crippen LogP contribution in [0.5, 0.6) is 0 Å². The lowest BCUT2D eigenvalue weighted by Gasteiger charge is -1.81. The maximum atomic E-state index is 5.41. The molecule has 1 nitrogen and oxygen atoms in total. The van der Waals surface area contributed by atoms with Crippen molar-refractivity contribution in [2.75, 3.05) is 6.54 Å². The molecule has 2 heteroatoms. The minimum absolute atomic E-state index is 0. The molecule has 1 fully saturated rings. The largest absolute Gasteiger partial charge is 0.330 e. The van der Waals surface area contributed by atoms with Crippen LogP contribution in [0.4, 0.5) is 0 Å². The van der Waals surface area contributed by atoms with E-state index in [9.17, 15) is 0 Å². The van der Waals surface area contributed by atoms with Crippen molar-refractivity contribution in [1.82, 2.24) is 0 Å². The normalized spacial score (nSPS) is 43.1. The molecule has 1 aliphatic carbocycles. The highest BCUT2D eigenvalue weighted by molar-refractivity contribution is 5.85. The fourth-order valence-corrected chi connectivity index (χ4v) is 1.19. The molecule has 1 saturated carbocycles. The molecular formula is C6H14ClN. The van der Waals surface area contributed by atoms with Gasteiger partial charge in [-0.2, -0.15) is 0 Å². The molecule has 2 N–H and O–H groups in total. The van der Waals surface area contributed by atoms with Crippen molar-refractivity contribution < 1.29 is 0 Å². The zero-order valence-corrected chi connectivity index (χ0v) is 6.24. The molecule has 0 aromatic rings. The SMILES string of the molecule is C[C@H]1C(CN)[C@@H]1C.Cl. The van der Waals surface area contributed by atoms with Gasteiger partial charge in [-0.25, -0.2) is 0 Å². The molecular weight excluding hydrogens is 122 g/mol. The van der Waals surface area contributed by atoms with Gasteiger partial charge in [-0.3, -0.25) is 0 Å². The van der Waals surface area contributed by atoms with Crippen molar-refractivity contribution >= 4 is 12.4 Å². The third kappa shape index (κ3) is 1.15. The Balaban J connectivity index is 0.000000490. The highest BCUT2D eigenvalue weighted by Gasteiger charge is 2.40. The Hall–Kier alpha value is 0.250. The summed E-state index contributed by atoms with van der Waals surface area (Å²) in [7, 11) is 0. The number of nitrogens with two attached hydrogens (primary N) is 1. The van der Waals surface area contributed by atoms with Crippen molar-refractivity contribution in [3.05, 3.63) is 0 Å². The average molecular weight is 136 g/mol. The summed E-state index contributed by atoms with van der Waals surface area (Å²) in [6, 6.07) is 0. The minimum Gasteiger partial charge on any atom is -0.330 e. The van der Waals surface area contributed by atoms with Crippen molar-refractivity contribution in [1.29, 1.82) is 0 Å². The van der Waals surface area contributed by atoms with Crippen LogP contribution in [0, 0.1) is 17.8 Å². The molecule has 2 atom stereocenters. The lowest BCUT2D eigenvalue weighted by atomic mass is 10.3. The van der Waals surface area contributed by atoms with E-state index < -0.39 is 0 Å². The predicted octanol–water partition coefficient (Wildman–Crippen LogP) is 1.27. The second-order valence-corrected chi connectivity index (χ2v) is 2.62. The van der Waals surface area contributed by atoms with E-state index in [0.717, 1.165) is 24.3 Å². The van der Waals surface area contributed by atoms with Crippen molar-refractivity contribution in [2.45, 2.75) is 13.8 Å². The Bertz CT molecular complexity index is 66.9. The van der Waals surface area contributed by atoms with Gasteiger partial charge in [0.2, 0.25) is 0 Å². The molecule has 1 rings (SSSR count). The predicted molar refractivity (Wildman–Crippen MR) is 38.1 cm³/mol. The summed E-state index contributed by atoms with van der Waals surface area (Å²) in [5.74, 6) is 2.66. The van der Waals surface area contributed by atoms with E-state index >= 15 is 0 Å². The molecule has 0 aliphatic heterocycles. The molecule has 1 aliphatic rings. The molecule has 0 saturated heterocycles. The topological polar surface area (TPSA) is 26.0 Å². The third-order valence-electron chi connectivity index (χ3n) is 2.31. The first-order valence-electron chi connectivity index (χ1n) is 2.97. The molecule has 0 aromatic heterocycles. The van der Waals surface area contributed by atoms with Crippen LogP contribution < -0.4 is 5.73 Å². The molecule has 0 aromatic carbocycles. The van der Waals surface area contributed by atoms with Gasteiger partial charge in [0, 0.05) is 0 Å². The van der Waals surface area contributed by atoms with Crippen LogP contribution in [0.25, 0.3) is 0 Å². The minimum atomic E-state index is 0. The highest BCUT2D eigenvalue weighted by Crippen LogP contribution is 2.44. The van der Waals surface area contributed by atoms with E-state index in [1.165, 1.54) is 0 Å². The van der Waals surface area contributed by atoms with Gasteiger partial charge in [-0.1, -0.05) is 13.8 Å². The molecule has 0 heterocycles. The summed E-state index contributed by atoms with van der Waals surface area (Å²) < 4.78 is 0. The van der Waals surface area contributed by atoms with Gasteiger partial charge >= 0.3 is 0 Å². The van der Waals surface area contributed by atoms with E-state index in [1.807, 2.05) is 0 Å². The summed E-state index contributed by atoms with van der Waals surface area (Å²) in [5.41, 5.74) is 5.41. The number of hydrogen-bond donors (Lipinski definition) is 1. The number of halogens is 1. The zero-order chi connectivity index (χ0) is 5.44. The zero-order valence-electron chi connectivity index (χ0n) is 5.42. The van der Waals surface area contributed by atoms with Crippen LogP contribution in [0.15, 0.2) is 0 Å². The van der Waals surface area contributed by atoms with Gasteiger partial charge in [-0.05, 0) is 24.3 Å². The Kier molecular flexibility index (Phi) is 2.78. The second-order valence-electron chi connectivity index (χ2n) is 2.62. The van der Waals surface area contributed by atoms with Crippen molar-refractivity contribution in [3.8, 4) is 0 Å².